The SMILES string of the molecule is NOC(=O)C1CCC(N=NC2CCC(N=NC3C(O)C4CC(N)CCC4CC3S(=O)(=O)ON)C3CC(S(=O)(=O)ON)CCC23)CC1. The van der Waals surface area contributed by atoms with E-state index in [0.717, 1.165) is 6.42 Å². The van der Waals surface area contributed by atoms with E-state index >= 15 is 0 Å². The summed E-state index contributed by atoms with van der Waals surface area (Å²) in [4.78, 5) is 16.2. The van der Waals surface area contributed by atoms with E-state index in [2.05, 4.69) is 28.7 Å². The molecule has 0 radical (unpaired) electrons. The molecule has 5 saturated carbocycles. The van der Waals surface area contributed by atoms with Gasteiger partial charge in [-0.05, 0) is 107 Å². The van der Waals surface area contributed by atoms with Gasteiger partial charge in [0, 0.05) is 6.04 Å². The highest BCUT2D eigenvalue weighted by Crippen LogP contribution is 2.47. The van der Waals surface area contributed by atoms with Crippen LogP contribution >= 0.6 is 0 Å². The van der Waals surface area contributed by atoms with Gasteiger partial charge in [-0.15, -0.1) is 0 Å². The summed E-state index contributed by atoms with van der Waals surface area (Å²) in [6, 6.07) is -1.87. The van der Waals surface area contributed by atoms with E-state index in [0.29, 0.717) is 64.2 Å². The van der Waals surface area contributed by atoms with E-state index in [-0.39, 0.29) is 60.6 Å². The molecule has 0 aromatic carbocycles. The summed E-state index contributed by atoms with van der Waals surface area (Å²) >= 11 is 0. The third kappa shape index (κ3) is 7.62. The zero-order valence-electron chi connectivity index (χ0n) is 25.8. The first-order valence-corrected chi connectivity index (χ1v) is 19.2. The largest absolute Gasteiger partial charge is 0.390 e. The van der Waals surface area contributed by atoms with Crippen LogP contribution in [0.1, 0.15) is 83.5 Å². The summed E-state index contributed by atoms with van der Waals surface area (Å²) in [7, 11) is -8.26. The maximum absolute atomic E-state index is 12.9. The minimum Gasteiger partial charge on any atom is -0.390 e. The Balaban J connectivity index is 1.35. The molecule has 0 heterocycles. The number of fused-ring (bicyclic) bond motifs is 2. The summed E-state index contributed by atoms with van der Waals surface area (Å²) in [5.41, 5.74) is 6.19. The lowest BCUT2D eigenvalue weighted by Crippen LogP contribution is -2.55. The van der Waals surface area contributed by atoms with Crippen molar-refractivity contribution in [2.24, 2.45) is 73.5 Å². The lowest BCUT2D eigenvalue weighted by molar-refractivity contribution is -0.150. The van der Waals surface area contributed by atoms with Crippen molar-refractivity contribution in [3.8, 4) is 0 Å². The Morgan fingerprint density at radius 2 is 1.33 bits per heavy atom. The average molecular weight is 693 g/mol. The molecule has 5 rings (SSSR count). The summed E-state index contributed by atoms with van der Waals surface area (Å²) in [5, 5.41) is 27.9. The van der Waals surface area contributed by atoms with Crippen LogP contribution in [-0.4, -0.2) is 74.7 Å². The Kier molecular flexibility index (Phi) is 11.5. The van der Waals surface area contributed by atoms with Gasteiger partial charge >= 0.3 is 5.97 Å². The van der Waals surface area contributed by atoms with Crippen molar-refractivity contribution in [3.05, 3.63) is 0 Å². The summed E-state index contributed by atoms with van der Waals surface area (Å²) in [5.74, 6) is 14.0. The van der Waals surface area contributed by atoms with Crippen LogP contribution in [0.2, 0.25) is 0 Å². The molecule has 46 heavy (non-hydrogen) atoms. The monoisotopic (exact) mass is 692 g/mol. The normalized spacial score (nSPS) is 42.4. The molecule has 5 fully saturated rings. The van der Waals surface area contributed by atoms with Crippen molar-refractivity contribution in [1.29, 1.82) is 0 Å². The van der Waals surface area contributed by atoms with E-state index in [1.165, 1.54) is 0 Å². The number of azo groups is 2. The third-order valence-electron chi connectivity index (χ3n) is 11.4. The molecule has 0 amide bonds. The molecule has 0 spiro atoms. The molecular formula is C27H48N8O9S2. The number of hydrogen-bond donors (Lipinski definition) is 5. The van der Waals surface area contributed by atoms with Crippen LogP contribution in [0.25, 0.3) is 0 Å². The van der Waals surface area contributed by atoms with E-state index in [9.17, 15) is 26.7 Å². The summed E-state index contributed by atoms with van der Waals surface area (Å²) in [6.07, 6.45) is 5.87. The number of nitrogens with two attached hydrogens (primary N) is 4. The molecule has 19 heteroatoms. The van der Waals surface area contributed by atoms with Gasteiger partial charge in [0.2, 0.25) is 0 Å². The van der Waals surface area contributed by atoms with Crippen LogP contribution in [-0.2, 0) is 38.4 Å². The number of rotatable bonds is 9. The number of aliphatic hydroxyl groups excluding tert-OH is 1. The molecule has 9 N–H and O–H groups in total. The van der Waals surface area contributed by atoms with E-state index in [1.54, 1.807) is 0 Å². The van der Waals surface area contributed by atoms with E-state index < -0.39 is 54.9 Å². The minimum atomic E-state index is -4.25. The van der Waals surface area contributed by atoms with Gasteiger partial charge in [0.15, 0.2) is 0 Å². The van der Waals surface area contributed by atoms with Crippen LogP contribution in [0.5, 0.6) is 0 Å². The Labute approximate surface area is 269 Å². The Morgan fingerprint density at radius 3 is 1.98 bits per heavy atom. The van der Waals surface area contributed by atoms with Gasteiger partial charge in [-0.1, -0.05) is 0 Å². The average Bonchev–Trinajstić information content (AvgIpc) is 3.06. The number of nitrogens with zero attached hydrogens (tertiary/aromatic N) is 4. The van der Waals surface area contributed by atoms with Crippen molar-refractivity contribution in [1.82, 2.24) is 0 Å². The molecule has 0 bridgehead atoms. The molecule has 0 aliphatic heterocycles. The second-order valence-corrected chi connectivity index (χ2v) is 17.4. The van der Waals surface area contributed by atoms with Crippen LogP contribution in [0, 0.1) is 29.6 Å². The van der Waals surface area contributed by atoms with Crippen molar-refractivity contribution in [2.75, 3.05) is 0 Å². The molecule has 5 aliphatic rings. The lowest BCUT2D eigenvalue weighted by Gasteiger charge is -2.46. The fourth-order valence-corrected chi connectivity index (χ4v) is 11.0. The van der Waals surface area contributed by atoms with Gasteiger partial charge in [0.1, 0.15) is 11.3 Å². The quantitative estimate of drug-likeness (QED) is 0.166. The Morgan fingerprint density at radius 1 is 0.674 bits per heavy atom. The highest BCUT2D eigenvalue weighted by molar-refractivity contribution is 7.87. The van der Waals surface area contributed by atoms with Crippen molar-refractivity contribution in [3.63, 3.8) is 0 Å². The first-order chi connectivity index (χ1) is 21.9. The summed E-state index contributed by atoms with van der Waals surface area (Å²) in [6.45, 7) is 0. The molecule has 11 unspecified atom stereocenters. The van der Waals surface area contributed by atoms with Crippen LogP contribution < -0.4 is 23.4 Å². The van der Waals surface area contributed by atoms with Gasteiger partial charge in [-0.25, -0.2) is 0 Å². The van der Waals surface area contributed by atoms with Crippen LogP contribution in [0.4, 0.5) is 0 Å². The molecular weight excluding hydrogens is 644 g/mol. The Bertz CT molecular complexity index is 1340. The number of hydrogen-bond acceptors (Lipinski definition) is 17. The van der Waals surface area contributed by atoms with Crippen LogP contribution in [0.15, 0.2) is 20.5 Å². The van der Waals surface area contributed by atoms with Gasteiger partial charge in [0.05, 0.1) is 35.4 Å². The van der Waals surface area contributed by atoms with Gasteiger partial charge in [-0.2, -0.15) is 63.6 Å². The molecule has 0 aromatic rings. The van der Waals surface area contributed by atoms with E-state index in [4.69, 9.17) is 28.5 Å². The van der Waals surface area contributed by atoms with Crippen molar-refractivity contribution < 1.29 is 40.1 Å². The van der Waals surface area contributed by atoms with Crippen LogP contribution in [0.3, 0.4) is 0 Å². The standard InChI is InChI=1S/C27H48N8O9S2/c28-16-4-1-15-11-24(46(40,41)44-31)25(26(36)20(15)12-16)35-34-23-10-9-22(19-8-7-18(13-21(19)23)45(38,39)43-30)33-32-17-5-2-14(3-6-17)27(37)42-29/h14-26,36H,1-13,28-31H2. The number of carbonyl (C=O) groups excluding carboxylic acids is 1. The van der Waals surface area contributed by atoms with Gasteiger partial charge in [0.25, 0.3) is 20.2 Å². The zero-order chi connectivity index (χ0) is 33.2. The highest BCUT2D eigenvalue weighted by Gasteiger charge is 2.52. The lowest BCUT2D eigenvalue weighted by atomic mass is 9.66. The first-order valence-electron chi connectivity index (χ1n) is 16.3. The molecule has 0 aromatic heterocycles. The minimum absolute atomic E-state index is 0.0341. The smallest absolute Gasteiger partial charge is 0.327 e. The topological polar surface area (TPSA) is 287 Å². The number of aliphatic hydroxyl groups is 1. The molecule has 5 aliphatic carbocycles. The summed E-state index contributed by atoms with van der Waals surface area (Å²) < 4.78 is 59.8. The predicted octanol–water partition coefficient (Wildman–Crippen LogP) is 0.868. The van der Waals surface area contributed by atoms with Gasteiger partial charge in [-0.3, -0.25) is 4.79 Å². The molecule has 11 atom stereocenters. The van der Waals surface area contributed by atoms with Crippen molar-refractivity contribution in [2.45, 2.75) is 130 Å². The van der Waals surface area contributed by atoms with Gasteiger partial charge < -0.3 is 15.7 Å². The second-order valence-electron chi connectivity index (χ2n) is 13.8. The third-order valence-corrected chi connectivity index (χ3v) is 14.4. The fourth-order valence-electron chi connectivity index (χ4n) is 8.80. The van der Waals surface area contributed by atoms with Crippen molar-refractivity contribution >= 4 is 26.2 Å². The molecule has 0 saturated heterocycles. The highest BCUT2D eigenvalue weighted by atomic mass is 32.2. The maximum atomic E-state index is 12.9. The second kappa shape index (κ2) is 14.8. The number of carbonyl (C=O) groups is 1. The molecule has 262 valence electrons. The zero-order valence-corrected chi connectivity index (χ0v) is 27.5. The maximum Gasteiger partial charge on any atom is 0.327 e. The first kappa shape index (κ1) is 35.6. The Hall–Kier alpha value is -1.71. The van der Waals surface area contributed by atoms with E-state index in [1.807, 2.05) is 0 Å². The predicted molar refractivity (Wildman–Crippen MR) is 163 cm³/mol. The fraction of sp³-hybridized carbons (Fsp3) is 0.963. The molecule has 17 nitrogen and oxygen atoms in total.